The summed E-state index contributed by atoms with van der Waals surface area (Å²) in [5.41, 5.74) is -1.26. The molecule has 0 aliphatic carbocycles. The molecule has 1 amide bonds. The van der Waals surface area contributed by atoms with Crippen molar-refractivity contribution in [2.45, 2.75) is 31.6 Å². The summed E-state index contributed by atoms with van der Waals surface area (Å²) in [6.45, 7) is 1.41. The van der Waals surface area contributed by atoms with Gasteiger partial charge in [-0.25, -0.2) is 0 Å². The van der Waals surface area contributed by atoms with Crippen LogP contribution in [0.1, 0.15) is 30.8 Å². The first kappa shape index (κ1) is 18.4. The van der Waals surface area contributed by atoms with Crippen LogP contribution in [0.2, 0.25) is 0 Å². The molecule has 0 radical (unpaired) electrons. The topological polar surface area (TPSA) is 106 Å². The van der Waals surface area contributed by atoms with E-state index in [1.807, 2.05) is 0 Å². The maximum atomic E-state index is 12.3. The fourth-order valence-corrected chi connectivity index (χ4v) is 4.10. The summed E-state index contributed by atoms with van der Waals surface area (Å²) < 4.78 is 10.1. The molecule has 1 aliphatic heterocycles. The molecule has 0 bridgehead atoms. The highest BCUT2D eigenvalue weighted by Crippen LogP contribution is 2.43. The number of hydrogen-bond donors (Lipinski definition) is 2. The molecule has 1 aromatic rings. The first-order valence-corrected chi connectivity index (χ1v) is 8.79. The zero-order chi connectivity index (χ0) is 17.7. The molecule has 132 valence electrons. The number of hydrogen-bond acceptors (Lipinski definition) is 7. The summed E-state index contributed by atoms with van der Waals surface area (Å²) >= 11 is 1.75. The van der Waals surface area contributed by atoms with Gasteiger partial charge in [-0.3, -0.25) is 14.4 Å². The van der Waals surface area contributed by atoms with E-state index in [0.29, 0.717) is 18.6 Å². The summed E-state index contributed by atoms with van der Waals surface area (Å²) in [7, 11) is 1.24. The molecule has 7 nitrogen and oxygen atoms in total. The Morgan fingerprint density at radius 1 is 1.42 bits per heavy atom. The zero-order valence-corrected chi connectivity index (χ0v) is 14.5. The van der Waals surface area contributed by atoms with Gasteiger partial charge in [-0.2, -0.15) is 11.8 Å². The van der Waals surface area contributed by atoms with Crippen molar-refractivity contribution in [3.8, 4) is 5.75 Å². The van der Waals surface area contributed by atoms with Crippen LogP contribution in [-0.4, -0.2) is 42.1 Å². The molecule has 1 aromatic heterocycles. The molecule has 0 unspecified atom stereocenters. The lowest BCUT2D eigenvalue weighted by Crippen LogP contribution is -2.40. The number of methoxy groups -OCH3 is 1. The number of rotatable bonds is 5. The standard InChI is InChI=1S/C16H21NO6S/c1-10-7-11(18)14(21)15(23-10)16(3-5-24-6-4-16)8-12(19)17-9-13(20)22-2/h7,21H,3-6,8-9H2,1-2H3,(H,17,19). The maximum absolute atomic E-state index is 12.3. The van der Waals surface area contributed by atoms with Crippen molar-refractivity contribution in [1.29, 1.82) is 0 Å². The molecule has 0 spiro atoms. The Balaban J connectivity index is 2.29. The molecular formula is C16H21NO6S. The Kier molecular flexibility index (Phi) is 5.93. The lowest BCUT2D eigenvalue weighted by Gasteiger charge is -2.35. The molecule has 0 saturated carbocycles. The van der Waals surface area contributed by atoms with Crippen LogP contribution in [0.3, 0.4) is 0 Å². The molecule has 24 heavy (non-hydrogen) atoms. The largest absolute Gasteiger partial charge is 0.502 e. The Morgan fingerprint density at radius 2 is 2.08 bits per heavy atom. The highest BCUT2D eigenvalue weighted by Gasteiger charge is 2.41. The number of ether oxygens (including phenoxy) is 1. The van der Waals surface area contributed by atoms with E-state index in [-0.39, 0.29) is 24.6 Å². The predicted octanol–water partition coefficient (Wildman–Crippen LogP) is 1.10. The Bertz CT molecular complexity index is 678. The number of aryl methyl sites for hydroxylation is 1. The molecule has 2 rings (SSSR count). The second-order valence-corrected chi connectivity index (χ2v) is 7.05. The van der Waals surface area contributed by atoms with Crippen LogP contribution in [0, 0.1) is 6.92 Å². The van der Waals surface area contributed by atoms with Gasteiger partial charge >= 0.3 is 5.97 Å². The first-order valence-electron chi connectivity index (χ1n) is 7.63. The summed E-state index contributed by atoms with van der Waals surface area (Å²) in [6, 6.07) is 1.22. The quantitative estimate of drug-likeness (QED) is 0.762. The number of aromatic hydroxyl groups is 1. The van der Waals surface area contributed by atoms with Gasteiger partial charge in [0.2, 0.25) is 17.1 Å². The minimum absolute atomic E-state index is 0.0322. The van der Waals surface area contributed by atoms with Crippen LogP contribution in [0.5, 0.6) is 5.75 Å². The van der Waals surface area contributed by atoms with Crippen molar-refractivity contribution in [1.82, 2.24) is 5.32 Å². The van der Waals surface area contributed by atoms with E-state index in [4.69, 9.17) is 4.42 Å². The number of thioether (sulfide) groups is 1. The van der Waals surface area contributed by atoms with Gasteiger partial charge in [-0.05, 0) is 31.3 Å². The number of nitrogens with one attached hydrogen (secondary N) is 1. The van der Waals surface area contributed by atoms with Crippen LogP contribution in [-0.2, 0) is 19.7 Å². The van der Waals surface area contributed by atoms with Gasteiger partial charge in [0.15, 0.2) is 5.76 Å². The fourth-order valence-electron chi connectivity index (χ4n) is 2.82. The summed E-state index contributed by atoms with van der Waals surface area (Å²) in [5.74, 6) is 0.815. The average molecular weight is 355 g/mol. The van der Waals surface area contributed by atoms with E-state index in [1.54, 1.807) is 18.7 Å². The maximum Gasteiger partial charge on any atom is 0.325 e. The zero-order valence-electron chi connectivity index (χ0n) is 13.7. The minimum atomic E-state index is -0.749. The molecule has 0 atom stereocenters. The van der Waals surface area contributed by atoms with Crippen LogP contribution in [0.15, 0.2) is 15.3 Å². The lowest BCUT2D eigenvalue weighted by molar-refractivity contribution is -0.141. The van der Waals surface area contributed by atoms with E-state index in [9.17, 15) is 19.5 Å². The second-order valence-electron chi connectivity index (χ2n) is 5.82. The molecule has 0 aromatic carbocycles. The molecule has 1 fully saturated rings. The average Bonchev–Trinajstić information content (AvgIpc) is 2.56. The van der Waals surface area contributed by atoms with Crippen LogP contribution in [0.4, 0.5) is 0 Å². The molecule has 8 heteroatoms. The third-order valence-electron chi connectivity index (χ3n) is 4.13. The van der Waals surface area contributed by atoms with E-state index in [2.05, 4.69) is 10.1 Å². The van der Waals surface area contributed by atoms with Crippen molar-refractivity contribution in [3.05, 3.63) is 27.8 Å². The SMILES string of the molecule is COC(=O)CNC(=O)CC1(c2oc(C)cc(=O)c2O)CCSCC1. The molecule has 2 heterocycles. The highest BCUT2D eigenvalue weighted by molar-refractivity contribution is 7.99. The summed E-state index contributed by atoms with van der Waals surface area (Å²) in [6.07, 6.45) is 1.23. The van der Waals surface area contributed by atoms with Crippen molar-refractivity contribution in [2.75, 3.05) is 25.2 Å². The van der Waals surface area contributed by atoms with Crippen molar-refractivity contribution < 1.29 is 23.8 Å². The predicted molar refractivity (Wildman–Crippen MR) is 89.3 cm³/mol. The number of esters is 1. The van der Waals surface area contributed by atoms with E-state index in [1.165, 1.54) is 13.2 Å². The Morgan fingerprint density at radius 3 is 2.71 bits per heavy atom. The van der Waals surface area contributed by atoms with Crippen molar-refractivity contribution in [2.24, 2.45) is 0 Å². The van der Waals surface area contributed by atoms with Crippen LogP contribution in [0.25, 0.3) is 0 Å². The van der Waals surface area contributed by atoms with Crippen LogP contribution < -0.4 is 10.7 Å². The fraction of sp³-hybridized carbons (Fsp3) is 0.562. The van der Waals surface area contributed by atoms with Gasteiger partial charge in [0.1, 0.15) is 12.3 Å². The van der Waals surface area contributed by atoms with Gasteiger partial charge in [0.05, 0.1) is 7.11 Å². The highest BCUT2D eigenvalue weighted by atomic mass is 32.2. The van der Waals surface area contributed by atoms with Gasteiger partial charge < -0.3 is 19.6 Å². The van der Waals surface area contributed by atoms with Crippen LogP contribution >= 0.6 is 11.8 Å². The molecule has 1 saturated heterocycles. The Hall–Kier alpha value is -1.96. The molecule has 2 N–H and O–H groups in total. The van der Waals surface area contributed by atoms with Crippen molar-refractivity contribution in [3.63, 3.8) is 0 Å². The monoisotopic (exact) mass is 355 g/mol. The van der Waals surface area contributed by atoms with Gasteiger partial charge in [0.25, 0.3) is 0 Å². The molecule has 1 aliphatic rings. The van der Waals surface area contributed by atoms with Crippen molar-refractivity contribution >= 4 is 23.6 Å². The first-order chi connectivity index (χ1) is 11.4. The lowest BCUT2D eigenvalue weighted by atomic mass is 9.75. The third-order valence-corrected chi connectivity index (χ3v) is 5.12. The van der Waals surface area contributed by atoms with Gasteiger partial charge in [-0.1, -0.05) is 0 Å². The third kappa shape index (κ3) is 4.11. The van der Waals surface area contributed by atoms with Gasteiger partial charge in [0, 0.05) is 17.9 Å². The molecular weight excluding hydrogens is 334 g/mol. The number of carbonyl (C=O) groups excluding carboxylic acids is 2. The van der Waals surface area contributed by atoms with E-state index >= 15 is 0 Å². The number of amides is 1. The van der Waals surface area contributed by atoms with E-state index in [0.717, 1.165) is 11.5 Å². The van der Waals surface area contributed by atoms with E-state index < -0.39 is 22.6 Å². The summed E-state index contributed by atoms with van der Waals surface area (Å²) in [4.78, 5) is 35.3. The minimum Gasteiger partial charge on any atom is -0.502 e. The Labute approximate surface area is 143 Å². The van der Waals surface area contributed by atoms with Gasteiger partial charge in [-0.15, -0.1) is 0 Å². The number of carbonyl (C=O) groups is 2. The summed E-state index contributed by atoms with van der Waals surface area (Å²) in [5, 5.41) is 12.7. The smallest absolute Gasteiger partial charge is 0.325 e. The second kappa shape index (κ2) is 7.74. The normalized spacial score (nSPS) is 16.4.